The Kier molecular flexibility index (Phi) is 16.9. The van der Waals surface area contributed by atoms with E-state index in [0.29, 0.717) is 0 Å². The molecule has 0 aromatic heterocycles. The van der Waals surface area contributed by atoms with E-state index in [4.69, 9.17) is 25.0 Å². The molecule has 0 aliphatic heterocycles. The Morgan fingerprint density at radius 2 is 0.803 bits per heavy atom. The molecule has 310 valence electrons. The molecule has 8 aromatic rings. The van der Waals surface area contributed by atoms with Crippen molar-refractivity contribution in [1.29, 1.82) is 0 Å². The molecule has 0 N–H and O–H groups in total. The number of nitrogens with zero attached hydrogens (tertiary/aromatic N) is 1. The molecule has 0 heterocycles. The third-order valence-electron chi connectivity index (χ3n) is 11.4. The monoisotopic (exact) mass is 949 g/mol. The van der Waals surface area contributed by atoms with Gasteiger partial charge >= 0.3 is 37.9 Å². The Hall–Kier alpha value is -3.54. The van der Waals surface area contributed by atoms with Crippen LogP contribution in [0, 0.1) is 41.5 Å². The standard InChI is InChI=1S/2C24H21.C6H18BNSi2.2ClH.Zr/c2*1-16-12-17(2)18(3)23(13-16)22-11-7-10-20-14-21(15-24(20)22)19-8-5-4-6-9-19;1-9(2,3)8(7)10(4,5)6;;;/h2*4-15H,1-3H3;1-6H3;2*1H;/q2*-1;;;;+4/p-2. The van der Waals surface area contributed by atoms with Crippen LogP contribution < -0.4 is 0 Å². The van der Waals surface area contributed by atoms with Crippen LogP contribution in [0.3, 0.4) is 0 Å². The van der Waals surface area contributed by atoms with Crippen LogP contribution in [0.1, 0.15) is 33.4 Å². The van der Waals surface area contributed by atoms with E-state index >= 15 is 0 Å². The van der Waals surface area contributed by atoms with Crippen LogP contribution in [0.4, 0.5) is 0 Å². The summed E-state index contributed by atoms with van der Waals surface area (Å²) in [7, 11) is 13.4. The normalized spacial score (nSPS) is 11.3. The first-order chi connectivity index (χ1) is 28.8. The van der Waals surface area contributed by atoms with Crippen molar-refractivity contribution in [2.75, 3.05) is 0 Å². The Bertz CT molecular complexity index is 2500. The fourth-order valence-corrected chi connectivity index (χ4v) is 16.2. The fraction of sp³-hybridized carbons (Fsp3) is 0.222. The van der Waals surface area contributed by atoms with Crippen molar-refractivity contribution in [2.45, 2.75) is 80.8 Å². The van der Waals surface area contributed by atoms with Crippen LogP contribution >= 0.6 is 17.0 Å². The number of halogens is 2. The van der Waals surface area contributed by atoms with Crippen LogP contribution in [0.5, 0.6) is 0 Å². The van der Waals surface area contributed by atoms with Crippen molar-refractivity contribution in [3.63, 3.8) is 0 Å². The van der Waals surface area contributed by atoms with Crippen LogP contribution in [-0.2, 0) is 20.8 Å². The summed E-state index contributed by atoms with van der Waals surface area (Å²) in [5.74, 6) is 0. The average Bonchev–Trinajstić information content (AvgIpc) is 3.87. The Balaban J connectivity index is 0.000000181. The van der Waals surface area contributed by atoms with Crippen LogP contribution in [0.25, 0.3) is 66.1 Å². The topological polar surface area (TPSA) is 3.24 Å². The summed E-state index contributed by atoms with van der Waals surface area (Å²) >= 11 is -0.826. The minimum atomic E-state index is -1.22. The van der Waals surface area contributed by atoms with E-state index in [1.165, 1.54) is 99.4 Å². The second-order valence-corrected chi connectivity index (χ2v) is 32.0. The van der Waals surface area contributed by atoms with Crippen LogP contribution in [-0.4, -0.2) is 28.6 Å². The SMILES string of the molecule is Cc1cc(C)c(C)c(-c2cccc3[cH-]c(-c4ccccc4)cc23)c1.Cc1cc(C)c(C)c(-c2cccc3[cH-]c(-c4ccccc4)cc23)c1.[B]N([Si](C)(C)C)[Si](C)(C)C.[Cl][Zr+2][Cl]. The molecule has 0 amide bonds. The van der Waals surface area contributed by atoms with E-state index in [1.54, 1.807) is 0 Å². The van der Waals surface area contributed by atoms with Crippen molar-refractivity contribution in [2.24, 2.45) is 0 Å². The Morgan fingerprint density at radius 3 is 1.11 bits per heavy atom. The summed E-state index contributed by atoms with van der Waals surface area (Å²) in [5.41, 5.74) is 18.6. The van der Waals surface area contributed by atoms with E-state index in [0.717, 1.165) is 0 Å². The predicted molar refractivity (Wildman–Crippen MR) is 275 cm³/mol. The molecule has 7 heteroatoms. The van der Waals surface area contributed by atoms with Gasteiger partial charge in [0.05, 0.1) is 0 Å². The van der Waals surface area contributed by atoms with Gasteiger partial charge in [0.25, 0.3) is 0 Å². The van der Waals surface area contributed by atoms with Crippen LogP contribution in [0.2, 0.25) is 39.3 Å². The Labute approximate surface area is 389 Å². The summed E-state index contributed by atoms with van der Waals surface area (Å²) in [6.07, 6.45) is 0. The van der Waals surface area contributed by atoms with Crippen molar-refractivity contribution < 1.29 is 20.8 Å². The number of benzene rings is 6. The number of rotatable bonds is 6. The molecule has 8 aromatic carbocycles. The number of fused-ring (bicyclic) bond motifs is 2. The first-order valence-electron chi connectivity index (χ1n) is 21.0. The zero-order valence-corrected chi connectivity index (χ0v) is 44.1. The van der Waals surface area contributed by atoms with Gasteiger partial charge < -0.3 is 4.14 Å². The Morgan fingerprint density at radius 1 is 0.459 bits per heavy atom. The van der Waals surface area contributed by atoms with E-state index < -0.39 is 37.3 Å². The molecule has 0 fully saturated rings. The number of hydrogen-bond acceptors (Lipinski definition) is 1. The molecule has 0 bridgehead atoms. The zero-order chi connectivity index (χ0) is 44.6. The molecule has 0 atom stereocenters. The molecule has 0 spiro atoms. The van der Waals surface area contributed by atoms with Gasteiger partial charge in [0.15, 0.2) is 7.98 Å². The molecule has 8 rings (SSSR count). The summed E-state index contributed by atoms with van der Waals surface area (Å²) in [6, 6.07) is 52.9. The summed E-state index contributed by atoms with van der Waals surface area (Å²) in [4.78, 5) is 0. The summed E-state index contributed by atoms with van der Waals surface area (Å²) in [6.45, 7) is 26.9. The van der Waals surface area contributed by atoms with Gasteiger partial charge in [0.2, 0.25) is 0 Å². The molecule has 0 saturated heterocycles. The third kappa shape index (κ3) is 12.3. The van der Waals surface area contributed by atoms with Crippen LogP contribution in [0.15, 0.2) is 146 Å². The van der Waals surface area contributed by atoms with Crippen molar-refractivity contribution >= 4 is 63.0 Å². The van der Waals surface area contributed by atoms with Gasteiger partial charge in [-0.15, -0.1) is 69.1 Å². The van der Waals surface area contributed by atoms with E-state index in [2.05, 4.69) is 231 Å². The number of hydrogen-bond donors (Lipinski definition) is 0. The van der Waals surface area contributed by atoms with Crippen molar-refractivity contribution in [1.82, 2.24) is 4.14 Å². The maximum atomic E-state index is 5.98. The average molecular weight is 952 g/mol. The van der Waals surface area contributed by atoms with E-state index in [1.807, 2.05) is 0 Å². The van der Waals surface area contributed by atoms with Gasteiger partial charge in [-0.1, -0.05) is 182 Å². The molecule has 0 unspecified atom stereocenters. The van der Waals surface area contributed by atoms with Gasteiger partial charge in [-0.05, 0) is 74.9 Å². The summed E-state index contributed by atoms with van der Waals surface area (Å²) < 4.78 is 2.15. The molecular formula is C54H60BCl2NSi2Zr. The van der Waals surface area contributed by atoms with Crippen molar-refractivity contribution in [3.05, 3.63) is 179 Å². The molecule has 61 heavy (non-hydrogen) atoms. The third-order valence-corrected chi connectivity index (χ3v) is 18.3. The van der Waals surface area contributed by atoms with Crippen molar-refractivity contribution in [3.8, 4) is 44.5 Å². The number of aryl methyl sites for hydroxylation is 4. The molecular weight excluding hydrogens is 892 g/mol. The van der Waals surface area contributed by atoms with Gasteiger partial charge in [-0.25, -0.2) is 0 Å². The van der Waals surface area contributed by atoms with Gasteiger partial charge in [-0.3, -0.25) is 0 Å². The van der Waals surface area contributed by atoms with E-state index in [9.17, 15) is 0 Å². The summed E-state index contributed by atoms with van der Waals surface area (Å²) in [5, 5.41) is 5.30. The molecule has 0 aliphatic carbocycles. The second-order valence-electron chi connectivity index (χ2n) is 18.1. The molecule has 2 radical (unpaired) electrons. The van der Waals surface area contributed by atoms with E-state index in [-0.39, 0.29) is 0 Å². The predicted octanol–water partition coefficient (Wildman–Crippen LogP) is 17.1. The second kappa shape index (κ2) is 21.2. The zero-order valence-electron chi connectivity index (χ0n) is 38.1. The van der Waals surface area contributed by atoms with Gasteiger partial charge in [0, 0.05) is 0 Å². The van der Waals surface area contributed by atoms with Gasteiger partial charge in [-0.2, -0.15) is 0 Å². The quantitative estimate of drug-likeness (QED) is 0.119. The molecule has 0 saturated carbocycles. The molecule has 0 aliphatic rings. The first-order valence-corrected chi connectivity index (χ1v) is 34.2. The molecule has 1 nitrogen and oxygen atoms in total. The minimum absolute atomic E-state index is 0.826. The fourth-order valence-electron chi connectivity index (χ4n) is 8.18. The van der Waals surface area contributed by atoms with Gasteiger partial charge in [0.1, 0.15) is 16.5 Å². The maximum absolute atomic E-state index is 5.98. The first kappa shape index (κ1) is 48.5.